The van der Waals surface area contributed by atoms with Crippen molar-refractivity contribution in [1.29, 1.82) is 0 Å². The number of imidazole rings is 1. The molecule has 30 heavy (non-hydrogen) atoms. The first-order valence-electron chi connectivity index (χ1n) is 10.1. The number of anilines is 2. The topological polar surface area (TPSA) is 85.0 Å². The number of fused-ring (bicyclic) bond motifs is 1. The van der Waals surface area contributed by atoms with E-state index in [9.17, 15) is 0 Å². The minimum atomic E-state index is 0.387. The molecule has 0 amide bonds. The van der Waals surface area contributed by atoms with E-state index in [-0.39, 0.29) is 0 Å². The van der Waals surface area contributed by atoms with Gasteiger partial charge in [-0.1, -0.05) is 19.9 Å². The zero-order valence-electron chi connectivity index (χ0n) is 17.3. The molecule has 0 bridgehead atoms. The zero-order valence-corrected chi connectivity index (χ0v) is 18.1. The second kappa shape index (κ2) is 7.66. The maximum atomic E-state index is 4.94. The molecule has 0 atom stereocenters. The van der Waals surface area contributed by atoms with Crippen molar-refractivity contribution in [1.82, 2.24) is 33.8 Å². The summed E-state index contributed by atoms with van der Waals surface area (Å²) in [5, 5.41) is 12.2. The summed E-state index contributed by atoms with van der Waals surface area (Å²) in [6.45, 7) is 6.11. The van der Waals surface area contributed by atoms with E-state index >= 15 is 0 Å². The summed E-state index contributed by atoms with van der Waals surface area (Å²) in [5.74, 6) is 1.12. The summed E-state index contributed by atoms with van der Waals surface area (Å²) in [7, 11) is 1.92. The number of nitrogens with one attached hydrogen (secondary N) is 2. The summed E-state index contributed by atoms with van der Waals surface area (Å²) >= 11 is 1.45. The molecule has 4 aromatic heterocycles. The van der Waals surface area contributed by atoms with E-state index in [1.165, 1.54) is 17.1 Å². The summed E-state index contributed by atoms with van der Waals surface area (Å²) < 4.78 is 8.45. The normalized spacial score (nSPS) is 14.5. The second-order valence-corrected chi connectivity index (χ2v) is 8.61. The zero-order chi connectivity index (χ0) is 20.7. The van der Waals surface area contributed by atoms with Crippen LogP contribution in [0.3, 0.4) is 0 Å². The maximum absolute atomic E-state index is 4.94. The molecule has 5 heterocycles. The third-order valence-corrected chi connectivity index (χ3v) is 5.93. The van der Waals surface area contributed by atoms with Crippen molar-refractivity contribution >= 4 is 33.6 Å². The minimum absolute atomic E-state index is 0.387. The molecule has 0 radical (unpaired) electrons. The molecule has 154 valence electrons. The number of aromatic nitrogens is 6. The Bertz CT molecular complexity index is 1230. The van der Waals surface area contributed by atoms with Gasteiger partial charge >= 0.3 is 0 Å². The van der Waals surface area contributed by atoms with E-state index in [0.717, 1.165) is 58.6 Å². The van der Waals surface area contributed by atoms with E-state index in [2.05, 4.69) is 61.7 Å². The lowest BCUT2D eigenvalue weighted by Crippen LogP contribution is -2.22. The number of hydrogen-bond donors (Lipinski definition) is 2. The van der Waals surface area contributed by atoms with Crippen molar-refractivity contribution in [3.05, 3.63) is 48.3 Å². The molecule has 2 N–H and O–H groups in total. The molecular weight excluding hydrogens is 396 g/mol. The van der Waals surface area contributed by atoms with Crippen LogP contribution >= 0.6 is 11.5 Å². The van der Waals surface area contributed by atoms with Crippen LogP contribution in [0.1, 0.15) is 37.6 Å². The fourth-order valence-electron chi connectivity index (χ4n) is 3.57. The highest BCUT2D eigenvalue weighted by molar-refractivity contribution is 7.10. The summed E-state index contributed by atoms with van der Waals surface area (Å²) in [5.41, 5.74) is 6.00. The first-order chi connectivity index (χ1) is 14.6. The molecule has 8 nitrogen and oxygen atoms in total. The van der Waals surface area contributed by atoms with Crippen molar-refractivity contribution in [3.8, 4) is 11.3 Å². The lowest BCUT2D eigenvalue weighted by Gasteiger charge is -2.16. The van der Waals surface area contributed by atoms with E-state index < -0.39 is 0 Å². The summed E-state index contributed by atoms with van der Waals surface area (Å²) in [6.07, 6.45) is 11.1. The van der Waals surface area contributed by atoms with Gasteiger partial charge < -0.3 is 10.6 Å². The smallest absolute Gasteiger partial charge is 0.181 e. The van der Waals surface area contributed by atoms with Gasteiger partial charge in [-0.3, -0.25) is 9.08 Å². The Kier molecular flexibility index (Phi) is 4.84. The molecule has 0 aromatic carbocycles. The fraction of sp³-hybridized carbons (Fsp3) is 0.333. The Morgan fingerprint density at radius 1 is 1.23 bits per heavy atom. The van der Waals surface area contributed by atoms with Crippen molar-refractivity contribution in [2.75, 3.05) is 18.4 Å². The highest BCUT2D eigenvalue weighted by Crippen LogP contribution is 2.30. The van der Waals surface area contributed by atoms with Gasteiger partial charge in [-0.15, -0.1) is 0 Å². The quantitative estimate of drug-likeness (QED) is 0.510. The minimum Gasteiger partial charge on any atom is -0.328 e. The van der Waals surface area contributed by atoms with Crippen molar-refractivity contribution in [2.45, 2.75) is 26.2 Å². The lowest BCUT2D eigenvalue weighted by atomic mass is 10.1. The molecule has 9 heteroatoms. The predicted molar refractivity (Wildman–Crippen MR) is 120 cm³/mol. The Labute approximate surface area is 178 Å². The van der Waals surface area contributed by atoms with E-state index in [1.807, 2.05) is 25.6 Å². The van der Waals surface area contributed by atoms with Crippen LogP contribution in [0.2, 0.25) is 0 Å². The van der Waals surface area contributed by atoms with Gasteiger partial charge in [0.25, 0.3) is 0 Å². The van der Waals surface area contributed by atoms with Gasteiger partial charge in [0.15, 0.2) is 11.5 Å². The standard InChI is InChI=1S/C21H24N8S/c1-13(2)16-7-19(30-27-16)26-20-21-23-10-18(15-9-24-28(3)11-15)29(21)12-17(25-20)14-5-4-6-22-8-14/h5,7,9-13,22H,4,6,8H2,1-3H3,(H,25,26). The Balaban J connectivity index is 1.64. The Morgan fingerprint density at radius 2 is 2.13 bits per heavy atom. The van der Waals surface area contributed by atoms with Gasteiger partial charge in [-0.25, -0.2) is 9.97 Å². The van der Waals surface area contributed by atoms with Gasteiger partial charge in [0.05, 0.1) is 29.5 Å². The molecule has 0 aliphatic carbocycles. The van der Waals surface area contributed by atoms with Gasteiger partial charge in [-0.2, -0.15) is 9.47 Å². The van der Waals surface area contributed by atoms with E-state index in [0.29, 0.717) is 5.92 Å². The van der Waals surface area contributed by atoms with Crippen molar-refractivity contribution in [3.63, 3.8) is 0 Å². The van der Waals surface area contributed by atoms with Crippen LogP contribution in [0.15, 0.2) is 36.9 Å². The van der Waals surface area contributed by atoms with E-state index in [1.54, 1.807) is 4.68 Å². The molecule has 1 aliphatic rings. The molecule has 0 spiro atoms. The molecular formula is C21H24N8S. The molecule has 5 rings (SSSR count). The van der Waals surface area contributed by atoms with Gasteiger partial charge in [0, 0.05) is 31.5 Å². The Hall–Kier alpha value is -3.04. The number of hydrogen-bond acceptors (Lipinski definition) is 7. The third kappa shape index (κ3) is 3.50. The predicted octanol–water partition coefficient (Wildman–Crippen LogP) is 3.83. The van der Waals surface area contributed by atoms with Gasteiger partial charge in [0.1, 0.15) is 5.00 Å². The molecule has 0 fully saturated rings. The van der Waals surface area contributed by atoms with Crippen molar-refractivity contribution in [2.24, 2.45) is 7.05 Å². The van der Waals surface area contributed by atoms with Crippen LogP contribution in [-0.2, 0) is 7.05 Å². The molecule has 4 aromatic rings. The van der Waals surface area contributed by atoms with Gasteiger partial charge in [-0.05, 0) is 42.1 Å². The van der Waals surface area contributed by atoms with Gasteiger partial charge in [0.2, 0.25) is 0 Å². The molecule has 0 saturated carbocycles. The maximum Gasteiger partial charge on any atom is 0.181 e. The van der Waals surface area contributed by atoms with Crippen LogP contribution in [0, 0.1) is 0 Å². The largest absolute Gasteiger partial charge is 0.328 e. The SMILES string of the molecule is CC(C)c1cc(Nc2nc(C3=CCCNC3)cn3c(-c4cnn(C)c4)cnc23)sn1. The van der Waals surface area contributed by atoms with Crippen molar-refractivity contribution < 1.29 is 0 Å². The lowest BCUT2D eigenvalue weighted by molar-refractivity contribution is 0.737. The van der Waals surface area contributed by atoms with Crippen LogP contribution in [0.5, 0.6) is 0 Å². The van der Waals surface area contributed by atoms with Crippen LogP contribution in [0.4, 0.5) is 10.8 Å². The average molecular weight is 421 g/mol. The average Bonchev–Trinajstić information content (AvgIpc) is 3.48. The summed E-state index contributed by atoms with van der Waals surface area (Å²) in [4.78, 5) is 9.62. The number of aryl methyl sites for hydroxylation is 1. The van der Waals surface area contributed by atoms with E-state index in [4.69, 9.17) is 4.98 Å². The second-order valence-electron chi connectivity index (χ2n) is 7.81. The highest BCUT2D eigenvalue weighted by atomic mass is 32.1. The number of nitrogens with zero attached hydrogens (tertiary/aromatic N) is 6. The summed E-state index contributed by atoms with van der Waals surface area (Å²) in [6, 6.07) is 2.09. The Morgan fingerprint density at radius 3 is 2.83 bits per heavy atom. The molecule has 1 aliphatic heterocycles. The van der Waals surface area contributed by atoms with Crippen LogP contribution in [-0.4, -0.2) is 41.6 Å². The first-order valence-corrected chi connectivity index (χ1v) is 10.9. The first kappa shape index (κ1) is 19.0. The third-order valence-electron chi connectivity index (χ3n) is 5.21. The fourth-order valence-corrected chi connectivity index (χ4v) is 4.35. The molecule has 0 saturated heterocycles. The number of rotatable bonds is 5. The highest BCUT2D eigenvalue weighted by Gasteiger charge is 2.17. The molecule has 0 unspecified atom stereocenters. The van der Waals surface area contributed by atoms with Crippen LogP contribution in [0.25, 0.3) is 22.5 Å². The van der Waals surface area contributed by atoms with Crippen LogP contribution < -0.4 is 10.6 Å². The monoisotopic (exact) mass is 420 g/mol.